The fraction of sp³-hybridized carbons (Fsp3) is 0.333. The van der Waals surface area contributed by atoms with E-state index >= 15 is 0 Å². The van der Waals surface area contributed by atoms with Crippen LogP contribution in [0, 0.1) is 0 Å². The maximum Gasteiger partial charge on any atom is 0.321 e. The molecule has 0 saturated carbocycles. The molecule has 0 aliphatic heterocycles. The highest BCUT2D eigenvalue weighted by Gasteiger charge is 2.01. The predicted molar refractivity (Wildman–Crippen MR) is 77.1 cm³/mol. The topological polar surface area (TPSA) is 70.3 Å². The van der Waals surface area contributed by atoms with E-state index in [1.807, 2.05) is 24.3 Å². The molecule has 5 heteroatoms. The molecule has 0 bridgehead atoms. The Balaban J connectivity index is 1.95. The van der Waals surface area contributed by atoms with Crippen molar-refractivity contribution in [1.82, 2.24) is 9.97 Å². The average Bonchev–Trinajstić information content (AvgIpc) is 2.49. The van der Waals surface area contributed by atoms with Crippen molar-refractivity contribution in [3.05, 3.63) is 42.2 Å². The summed E-state index contributed by atoms with van der Waals surface area (Å²) in [6.45, 7) is 3.37. The van der Waals surface area contributed by atoms with Gasteiger partial charge in [-0.2, -0.15) is 0 Å². The predicted octanol–water partition coefficient (Wildman–Crippen LogP) is 2.56. The van der Waals surface area contributed by atoms with Crippen molar-refractivity contribution >= 4 is 0 Å². The Hall–Kier alpha value is -2.14. The first-order valence-electron chi connectivity index (χ1n) is 6.73. The summed E-state index contributed by atoms with van der Waals surface area (Å²) in [6, 6.07) is 7.74. The third-order valence-corrected chi connectivity index (χ3v) is 2.62. The van der Waals surface area contributed by atoms with Gasteiger partial charge < -0.3 is 15.2 Å². The maximum absolute atomic E-state index is 5.56. The minimum atomic E-state index is 0.327. The summed E-state index contributed by atoms with van der Waals surface area (Å²) < 4.78 is 11.1. The van der Waals surface area contributed by atoms with Crippen LogP contribution in [0.1, 0.15) is 18.9 Å². The lowest BCUT2D eigenvalue weighted by atomic mass is 10.2. The summed E-state index contributed by atoms with van der Waals surface area (Å²) in [5, 5.41) is 0. The van der Waals surface area contributed by atoms with Crippen LogP contribution in [-0.4, -0.2) is 23.1 Å². The van der Waals surface area contributed by atoms with Gasteiger partial charge in [-0.1, -0.05) is 6.92 Å². The van der Waals surface area contributed by atoms with E-state index in [-0.39, 0.29) is 0 Å². The van der Waals surface area contributed by atoms with Crippen LogP contribution in [0.2, 0.25) is 0 Å². The van der Waals surface area contributed by atoms with Gasteiger partial charge >= 0.3 is 6.01 Å². The molecule has 0 aliphatic carbocycles. The number of rotatable bonds is 7. The largest absolute Gasteiger partial charge is 0.494 e. The number of ether oxygens (including phenoxy) is 2. The maximum atomic E-state index is 5.56. The zero-order valence-electron chi connectivity index (χ0n) is 11.6. The van der Waals surface area contributed by atoms with Gasteiger partial charge in [0.2, 0.25) is 0 Å². The van der Waals surface area contributed by atoms with Crippen molar-refractivity contribution in [1.29, 1.82) is 0 Å². The summed E-state index contributed by atoms with van der Waals surface area (Å²) in [5.41, 5.74) is 6.48. The van der Waals surface area contributed by atoms with Crippen molar-refractivity contribution in [3.8, 4) is 17.5 Å². The smallest absolute Gasteiger partial charge is 0.321 e. The molecule has 0 spiro atoms. The molecular weight excluding hydrogens is 254 g/mol. The number of hydrogen-bond acceptors (Lipinski definition) is 5. The number of nitrogens with zero attached hydrogens (tertiary/aromatic N) is 2. The lowest BCUT2D eigenvalue weighted by Crippen LogP contribution is -2.03. The van der Waals surface area contributed by atoms with Crippen molar-refractivity contribution in [3.63, 3.8) is 0 Å². The van der Waals surface area contributed by atoms with Gasteiger partial charge in [0.15, 0.2) is 0 Å². The molecule has 106 valence electrons. The first-order chi connectivity index (χ1) is 9.81. The van der Waals surface area contributed by atoms with E-state index < -0.39 is 0 Å². The first-order valence-corrected chi connectivity index (χ1v) is 6.73. The Morgan fingerprint density at radius 2 is 1.70 bits per heavy atom. The first kappa shape index (κ1) is 14.3. The molecule has 5 nitrogen and oxygen atoms in total. The second kappa shape index (κ2) is 7.45. The molecule has 2 rings (SSSR count). The lowest BCUT2D eigenvalue weighted by molar-refractivity contribution is 0.317. The third kappa shape index (κ3) is 4.20. The summed E-state index contributed by atoms with van der Waals surface area (Å²) in [5.74, 6) is 1.51. The Bertz CT molecular complexity index is 512. The van der Waals surface area contributed by atoms with E-state index in [9.17, 15) is 0 Å². The molecular formula is C15H19N3O2. The van der Waals surface area contributed by atoms with E-state index in [0.29, 0.717) is 24.9 Å². The second-order valence-corrected chi connectivity index (χ2v) is 4.33. The number of benzene rings is 1. The van der Waals surface area contributed by atoms with Crippen LogP contribution in [0.15, 0.2) is 36.7 Å². The molecule has 0 atom stereocenters. The SMILES string of the molecule is CCCOc1ccc(Oc2ncc(CCN)cn2)cc1. The molecule has 1 heterocycles. The molecule has 0 aliphatic rings. The Morgan fingerprint density at radius 3 is 2.30 bits per heavy atom. The zero-order chi connectivity index (χ0) is 14.2. The molecule has 1 aromatic heterocycles. The molecule has 0 amide bonds. The summed E-state index contributed by atoms with van der Waals surface area (Å²) in [6.07, 6.45) is 5.22. The molecule has 0 unspecified atom stereocenters. The van der Waals surface area contributed by atoms with E-state index in [4.69, 9.17) is 15.2 Å². The van der Waals surface area contributed by atoms with Crippen LogP contribution in [0.25, 0.3) is 0 Å². The fourth-order valence-electron chi connectivity index (χ4n) is 1.62. The van der Waals surface area contributed by atoms with Crippen LogP contribution in [0.3, 0.4) is 0 Å². The van der Waals surface area contributed by atoms with E-state index in [1.165, 1.54) is 0 Å². The monoisotopic (exact) mass is 273 g/mol. The Labute approximate surface area is 118 Å². The standard InChI is InChI=1S/C15H19N3O2/c1-2-9-19-13-3-5-14(6-4-13)20-15-17-10-12(7-8-16)11-18-15/h3-6,10-11H,2,7-9,16H2,1H3. The van der Waals surface area contributed by atoms with E-state index in [1.54, 1.807) is 12.4 Å². The highest BCUT2D eigenvalue weighted by atomic mass is 16.5. The molecule has 20 heavy (non-hydrogen) atoms. The molecule has 0 saturated heterocycles. The molecule has 2 aromatic rings. The normalized spacial score (nSPS) is 10.3. The lowest BCUT2D eigenvalue weighted by Gasteiger charge is -2.07. The van der Waals surface area contributed by atoms with Gasteiger partial charge in [-0.3, -0.25) is 0 Å². The van der Waals surface area contributed by atoms with Crippen LogP contribution < -0.4 is 15.2 Å². The quantitative estimate of drug-likeness (QED) is 0.839. The van der Waals surface area contributed by atoms with Gasteiger partial charge in [-0.25, -0.2) is 9.97 Å². The van der Waals surface area contributed by atoms with Crippen molar-refractivity contribution in [2.24, 2.45) is 5.73 Å². The van der Waals surface area contributed by atoms with E-state index in [0.717, 1.165) is 24.2 Å². The minimum absolute atomic E-state index is 0.327. The van der Waals surface area contributed by atoms with E-state index in [2.05, 4.69) is 16.9 Å². The van der Waals surface area contributed by atoms with Crippen molar-refractivity contribution in [2.75, 3.05) is 13.2 Å². The van der Waals surface area contributed by atoms with Crippen LogP contribution in [0.4, 0.5) is 0 Å². The molecule has 0 radical (unpaired) electrons. The zero-order valence-corrected chi connectivity index (χ0v) is 11.6. The van der Waals surface area contributed by atoms with Gasteiger partial charge in [0.25, 0.3) is 0 Å². The minimum Gasteiger partial charge on any atom is -0.494 e. The summed E-state index contributed by atoms with van der Waals surface area (Å²) >= 11 is 0. The molecule has 2 N–H and O–H groups in total. The van der Waals surface area contributed by atoms with Crippen LogP contribution in [0.5, 0.6) is 17.5 Å². The third-order valence-electron chi connectivity index (χ3n) is 2.62. The van der Waals surface area contributed by atoms with Gasteiger partial charge in [0.05, 0.1) is 6.61 Å². The highest BCUT2D eigenvalue weighted by Crippen LogP contribution is 2.21. The molecule has 0 fully saturated rings. The number of nitrogens with two attached hydrogens (primary N) is 1. The average molecular weight is 273 g/mol. The fourth-order valence-corrected chi connectivity index (χ4v) is 1.62. The van der Waals surface area contributed by atoms with Gasteiger partial charge in [-0.15, -0.1) is 0 Å². The van der Waals surface area contributed by atoms with Crippen LogP contribution in [-0.2, 0) is 6.42 Å². The molecule has 1 aromatic carbocycles. The number of hydrogen-bond donors (Lipinski definition) is 1. The van der Waals surface area contributed by atoms with Crippen LogP contribution >= 0.6 is 0 Å². The van der Waals surface area contributed by atoms with Gasteiger partial charge in [-0.05, 0) is 49.2 Å². The van der Waals surface area contributed by atoms with Crippen molar-refractivity contribution in [2.45, 2.75) is 19.8 Å². The Kier molecular flexibility index (Phi) is 5.32. The second-order valence-electron chi connectivity index (χ2n) is 4.33. The van der Waals surface area contributed by atoms with Gasteiger partial charge in [0.1, 0.15) is 11.5 Å². The summed E-state index contributed by atoms with van der Waals surface area (Å²) in [4.78, 5) is 8.29. The summed E-state index contributed by atoms with van der Waals surface area (Å²) in [7, 11) is 0. The Morgan fingerprint density at radius 1 is 1.05 bits per heavy atom. The van der Waals surface area contributed by atoms with Crippen molar-refractivity contribution < 1.29 is 9.47 Å². The van der Waals surface area contributed by atoms with Gasteiger partial charge in [0, 0.05) is 12.4 Å². The number of aromatic nitrogens is 2. The highest BCUT2D eigenvalue weighted by molar-refractivity contribution is 5.32.